The van der Waals surface area contributed by atoms with E-state index in [1.54, 1.807) is 0 Å². The third-order valence-electron chi connectivity index (χ3n) is 4.20. The standard InChI is InChI=1S/C19H27F3N4O2/c1-2-23-18(24-9-5-12-26-11-4-8-17(26)27)25-10-13-28-16-7-3-6-15(14-16)19(20,21)22/h3,6-7,14H,2,4-5,8-13H2,1H3,(H2,23,24,25). The van der Waals surface area contributed by atoms with Crippen LogP contribution in [-0.2, 0) is 11.0 Å². The molecule has 156 valence electrons. The minimum Gasteiger partial charge on any atom is -0.492 e. The monoisotopic (exact) mass is 400 g/mol. The maximum absolute atomic E-state index is 12.7. The van der Waals surface area contributed by atoms with Crippen LogP contribution in [0, 0.1) is 0 Å². The van der Waals surface area contributed by atoms with Gasteiger partial charge >= 0.3 is 6.18 Å². The molecular formula is C19H27F3N4O2. The number of guanidine groups is 1. The van der Waals surface area contributed by atoms with Crippen molar-refractivity contribution in [2.24, 2.45) is 4.99 Å². The summed E-state index contributed by atoms with van der Waals surface area (Å²) in [6.07, 6.45) is -2.04. The van der Waals surface area contributed by atoms with Gasteiger partial charge in [0.05, 0.1) is 12.1 Å². The molecule has 9 heteroatoms. The van der Waals surface area contributed by atoms with Crippen LogP contribution in [0.25, 0.3) is 0 Å². The summed E-state index contributed by atoms with van der Waals surface area (Å²) in [5, 5.41) is 6.19. The second kappa shape index (κ2) is 10.8. The zero-order valence-corrected chi connectivity index (χ0v) is 16.0. The van der Waals surface area contributed by atoms with E-state index in [4.69, 9.17) is 4.74 Å². The Labute approximate surface area is 163 Å². The number of halogens is 3. The average Bonchev–Trinajstić information content (AvgIpc) is 3.06. The normalized spacial score (nSPS) is 15.1. The third kappa shape index (κ3) is 7.28. The molecule has 0 saturated carbocycles. The second-order valence-corrected chi connectivity index (χ2v) is 6.40. The SMILES string of the molecule is CCNC(=NCCCN1CCCC1=O)NCCOc1cccc(C(F)(F)F)c1. The maximum Gasteiger partial charge on any atom is 0.416 e. The topological polar surface area (TPSA) is 66.0 Å². The van der Waals surface area contributed by atoms with Gasteiger partial charge in [-0.3, -0.25) is 9.79 Å². The van der Waals surface area contributed by atoms with Crippen molar-refractivity contribution >= 4 is 11.9 Å². The van der Waals surface area contributed by atoms with Gasteiger partial charge in [0.1, 0.15) is 12.4 Å². The van der Waals surface area contributed by atoms with Crippen LogP contribution in [0.3, 0.4) is 0 Å². The Bertz CT molecular complexity index is 665. The Morgan fingerprint density at radius 1 is 1.32 bits per heavy atom. The Morgan fingerprint density at radius 3 is 2.82 bits per heavy atom. The van der Waals surface area contributed by atoms with E-state index in [0.717, 1.165) is 31.5 Å². The molecule has 6 nitrogen and oxygen atoms in total. The molecule has 1 aliphatic rings. The number of nitrogens with zero attached hydrogens (tertiary/aromatic N) is 2. The predicted molar refractivity (Wildman–Crippen MR) is 101 cm³/mol. The summed E-state index contributed by atoms with van der Waals surface area (Å²) in [6, 6.07) is 4.81. The lowest BCUT2D eigenvalue weighted by Gasteiger charge is -2.15. The van der Waals surface area contributed by atoms with E-state index < -0.39 is 11.7 Å². The van der Waals surface area contributed by atoms with Crippen LogP contribution in [0.1, 0.15) is 31.7 Å². The molecule has 0 aromatic heterocycles. The fourth-order valence-corrected chi connectivity index (χ4v) is 2.84. The molecule has 2 N–H and O–H groups in total. The Hall–Kier alpha value is -2.45. The summed E-state index contributed by atoms with van der Waals surface area (Å²) in [4.78, 5) is 17.9. The van der Waals surface area contributed by atoms with E-state index in [9.17, 15) is 18.0 Å². The highest BCUT2D eigenvalue weighted by Gasteiger charge is 2.30. The highest BCUT2D eigenvalue weighted by Crippen LogP contribution is 2.31. The lowest BCUT2D eigenvalue weighted by molar-refractivity contribution is -0.137. The van der Waals surface area contributed by atoms with Crippen molar-refractivity contribution in [1.82, 2.24) is 15.5 Å². The highest BCUT2D eigenvalue weighted by molar-refractivity contribution is 5.79. The van der Waals surface area contributed by atoms with Gasteiger partial charge in [-0.1, -0.05) is 6.07 Å². The van der Waals surface area contributed by atoms with E-state index in [1.807, 2.05) is 11.8 Å². The van der Waals surface area contributed by atoms with Crippen LogP contribution < -0.4 is 15.4 Å². The molecule has 2 rings (SSSR count). The molecule has 0 bridgehead atoms. The van der Waals surface area contributed by atoms with Gasteiger partial charge in [0.25, 0.3) is 0 Å². The van der Waals surface area contributed by atoms with Gasteiger partial charge in [-0.2, -0.15) is 13.2 Å². The first-order valence-corrected chi connectivity index (χ1v) is 9.50. The number of nitrogens with one attached hydrogen (secondary N) is 2. The molecular weight excluding hydrogens is 373 g/mol. The maximum atomic E-state index is 12.7. The summed E-state index contributed by atoms with van der Waals surface area (Å²) in [5.41, 5.74) is -0.732. The summed E-state index contributed by atoms with van der Waals surface area (Å²) in [5.74, 6) is 0.998. The lowest BCUT2D eigenvalue weighted by Crippen LogP contribution is -2.39. The molecule has 0 radical (unpaired) electrons. The molecule has 1 saturated heterocycles. The summed E-state index contributed by atoms with van der Waals surface area (Å²) < 4.78 is 43.5. The number of hydrogen-bond donors (Lipinski definition) is 2. The van der Waals surface area contributed by atoms with Gasteiger partial charge in [0, 0.05) is 32.6 Å². The molecule has 0 spiro atoms. The first-order valence-electron chi connectivity index (χ1n) is 9.50. The number of likely N-dealkylation sites (tertiary alicyclic amines) is 1. The number of aliphatic imine (C=N–C) groups is 1. The largest absolute Gasteiger partial charge is 0.492 e. The van der Waals surface area contributed by atoms with Crippen LogP contribution in [-0.4, -0.2) is 56.1 Å². The molecule has 0 aliphatic carbocycles. The molecule has 1 fully saturated rings. The van der Waals surface area contributed by atoms with E-state index in [2.05, 4.69) is 15.6 Å². The number of alkyl halides is 3. The zero-order chi connectivity index (χ0) is 20.4. The van der Waals surface area contributed by atoms with Crippen molar-refractivity contribution < 1.29 is 22.7 Å². The van der Waals surface area contributed by atoms with Gasteiger partial charge in [0.15, 0.2) is 5.96 Å². The van der Waals surface area contributed by atoms with Crippen LogP contribution >= 0.6 is 0 Å². The number of benzene rings is 1. The summed E-state index contributed by atoms with van der Waals surface area (Å²) >= 11 is 0. The molecule has 1 aromatic rings. The van der Waals surface area contributed by atoms with E-state index >= 15 is 0 Å². The third-order valence-corrected chi connectivity index (χ3v) is 4.20. The van der Waals surface area contributed by atoms with Gasteiger partial charge < -0.3 is 20.3 Å². The summed E-state index contributed by atoms with van der Waals surface area (Å²) in [7, 11) is 0. The van der Waals surface area contributed by atoms with Crippen LogP contribution in [0.2, 0.25) is 0 Å². The highest BCUT2D eigenvalue weighted by atomic mass is 19.4. The quantitative estimate of drug-likeness (QED) is 0.380. The fraction of sp³-hybridized carbons (Fsp3) is 0.579. The smallest absolute Gasteiger partial charge is 0.416 e. The van der Waals surface area contributed by atoms with Crippen molar-refractivity contribution in [3.05, 3.63) is 29.8 Å². The zero-order valence-electron chi connectivity index (χ0n) is 16.0. The lowest BCUT2D eigenvalue weighted by atomic mass is 10.2. The molecule has 0 atom stereocenters. The molecule has 1 amide bonds. The van der Waals surface area contributed by atoms with Crippen molar-refractivity contribution in [3.63, 3.8) is 0 Å². The number of hydrogen-bond acceptors (Lipinski definition) is 3. The minimum absolute atomic E-state index is 0.175. The second-order valence-electron chi connectivity index (χ2n) is 6.40. The molecule has 0 unspecified atom stereocenters. The Balaban J connectivity index is 1.71. The van der Waals surface area contributed by atoms with Gasteiger partial charge in [-0.25, -0.2) is 0 Å². The predicted octanol–water partition coefficient (Wildman–Crippen LogP) is 2.65. The minimum atomic E-state index is -4.39. The molecule has 1 aromatic carbocycles. The number of amides is 1. The first kappa shape index (κ1) is 21.8. The van der Waals surface area contributed by atoms with Crippen LogP contribution in [0.15, 0.2) is 29.3 Å². The van der Waals surface area contributed by atoms with E-state index in [-0.39, 0.29) is 18.3 Å². The van der Waals surface area contributed by atoms with Crippen molar-refractivity contribution in [1.29, 1.82) is 0 Å². The summed E-state index contributed by atoms with van der Waals surface area (Å²) in [6.45, 7) is 5.34. The van der Waals surface area contributed by atoms with Gasteiger partial charge in [0.2, 0.25) is 5.91 Å². The Morgan fingerprint density at radius 2 is 2.14 bits per heavy atom. The Kier molecular flexibility index (Phi) is 8.41. The first-order chi connectivity index (χ1) is 13.4. The van der Waals surface area contributed by atoms with Gasteiger partial charge in [-0.05, 0) is 38.0 Å². The molecule has 1 heterocycles. The van der Waals surface area contributed by atoms with E-state index in [0.29, 0.717) is 38.6 Å². The fourth-order valence-electron chi connectivity index (χ4n) is 2.84. The van der Waals surface area contributed by atoms with Crippen molar-refractivity contribution in [3.8, 4) is 5.75 Å². The van der Waals surface area contributed by atoms with Crippen molar-refractivity contribution in [2.75, 3.05) is 39.3 Å². The van der Waals surface area contributed by atoms with Crippen LogP contribution in [0.5, 0.6) is 5.75 Å². The van der Waals surface area contributed by atoms with E-state index in [1.165, 1.54) is 12.1 Å². The number of rotatable bonds is 9. The number of carbonyl (C=O) groups is 1. The van der Waals surface area contributed by atoms with Crippen molar-refractivity contribution in [2.45, 2.75) is 32.4 Å². The number of ether oxygens (including phenoxy) is 1. The number of carbonyl (C=O) groups excluding carboxylic acids is 1. The average molecular weight is 400 g/mol. The van der Waals surface area contributed by atoms with Crippen LogP contribution in [0.4, 0.5) is 13.2 Å². The van der Waals surface area contributed by atoms with Gasteiger partial charge in [-0.15, -0.1) is 0 Å². The molecule has 1 aliphatic heterocycles. The molecule has 28 heavy (non-hydrogen) atoms.